The van der Waals surface area contributed by atoms with Crippen molar-refractivity contribution in [3.8, 4) is 5.75 Å². The van der Waals surface area contributed by atoms with E-state index in [0.29, 0.717) is 10.7 Å². The van der Waals surface area contributed by atoms with E-state index in [4.69, 9.17) is 16.3 Å². The maximum Gasteiger partial charge on any atom is 0.265 e. The van der Waals surface area contributed by atoms with Gasteiger partial charge in [-0.15, -0.1) is 0 Å². The van der Waals surface area contributed by atoms with Gasteiger partial charge in [0.2, 0.25) is 10.0 Å². The van der Waals surface area contributed by atoms with Crippen LogP contribution in [-0.2, 0) is 14.8 Å². The number of carbonyl (C=O) groups is 1. The number of nitrogens with one attached hydrogen (secondary N) is 1. The number of rotatable bonds is 3. The summed E-state index contributed by atoms with van der Waals surface area (Å²) in [6.07, 6.45) is 0.315. The number of amides is 1. The van der Waals surface area contributed by atoms with Gasteiger partial charge in [-0.3, -0.25) is 9.10 Å². The van der Waals surface area contributed by atoms with Crippen LogP contribution in [0.25, 0.3) is 0 Å². The lowest BCUT2D eigenvalue weighted by molar-refractivity contribution is -0.122. The van der Waals surface area contributed by atoms with E-state index >= 15 is 0 Å². The van der Waals surface area contributed by atoms with E-state index < -0.39 is 27.9 Å². The van der Waals surface area contributed by atoms with Crippen LogP contribution < -0.4 is 14.4 Å². The van der Waals surface area contributed by atoms with Crippen LogP contribution in [-0.4, -0.2) is 33.2 Å². The topological polar surface area (TPSA) is 75.7 Å². The molecule has 0 aliphatic carbocycles. The Morgan fingerprint density at radius 2 is 1.96 bits per heavy atom. The third kappa shape index (κ3) is 4.08. The zero-order valence-electron chi connectivity index (χ0n) is 13.8. The smallest absolute Gasteiger partial charge is 0.265 e. The van der Waals surface area contributed by atoms with Crippen molar-refractivity contribution in [2.75, 3.05) is 22.4 Å². The molecular weight excluding hydrogens is 383 g/mol. The van der Waals surface area contributed by atoms with E-state index in [9.17, 15) is 17.6 Å². The van der Waals surface area contributed by atoms with Gasteiger partial charge in [-0.1, -0.05) is 11.6 Å². The zero-order chi connectivity index (χ0) is 18.9. The molecule has 0 fully saturated rings. The molecule has 1 aliphatic heterocycles. The summed E-state index contributed by atoms with van der Waals surface area (Å²) in [7, 11) is -3.57. The summed E-state index contributed by atoms with van der Waals surface area (Å²) in [5.41, 5.74) is 0.706. The van der Waals surface area contributed by atoms with Gasteiger partial charge < -0.3 is 10.1 Å². The molecule has 0 unspecified atom stereocenters. The van der Waals surface area contributed by atoms with E-state index in [0.717, 1.165) is 6.26 Å². The second-order valence-electron chi connectivity index (χ2n) is 5.84. The summed E-state index contributed by atoms with van der Waals surface area (Å²) in [4.78, 5) is 12.5. The highest BCUT2D eigenvalue weighted by Gasteiger charge is 2.31. The average Bonchev–Trinajstić information content (AvgIpc) is 2.76. The number of fused-ring (bicyclic) bond motifs is 1. The highest BCUT2D eigenvalue weighted by molar-refractivity contribution is 7.92. The fourth-order valence-electron chi connectivity index (χ4n) is 2.64. The van der Waals surface area contributed by atoms with Gasteiger partial charge in [0, 0.05) is 23.7 Å². The Morgan fingerprint density at radius 1 is 1.27 bits per heavy atom. The van der Waals surface area contributed by atoms with Gasteiger partial charge in [0.1, 0.15) is 11.6 Å². The fraction of sp³-hybridized carbons (Fsp3) is 0.235. The van der Waals surface area contributed by atoms with Crippen molar-refractivity contribution in [1.82, 2.24) is 0 Å². The van der Waals surface area contributed by atoms with Gasteiger partial charge in [0.15, 0.2) is 6.10 Å². The number of benzene rings is 2. The third-order valence-corrected chi connectivity index (χ3v) is 5.27. The van der Waals surface area contributed by atoms with E-state index in [-0.39, 0.29) is 24.4 Å². The molecule has 0 aromatic heterocycles. The van der Waals surface area contributed by atoms with Gasteiger partial charge in [-0.2, -0.15) is 0 Å². The Labute approximate surface area is 155 Å². The predicted octanol–water partition coefficient (Wildman–Crippen LogP) is 3.03. The number of sulfonamides is 1. The maximum absolute atomic E-state index is 13.0. The molecule has 0 saturated carbocycles. The highest BCUT2D eigenvalue weighted by Crippen LogP contribution is 2.36. The molecule has 6 nitrogen and oxygen atoms in total. The average molecular weight is 399 g/mol. The van der Waals surface area contributed by atoms with Crippen LogP contribution >= 0.6 is 11.6 Å². The van der Waals surface area contributed by atoms with Crippen LogP contribution in [0, 0.1) is 5.82 Å². The number of hydrogen-bond donors (Lipinski definition) is 1. The van der Waals surface area contributed by atoms with E-state index in [1.54, 1.807) is 6.07 Å². The summed E-state index contributed by atoms with van der Waals surface area (Å²) >= 11 is 5.98. The Bertz CT molecular complexity index is 934. The fourth-order valence-corrected chi connectivity index (χ4v) is 3.74. The Kier molecular flexibility index (Phi) is 5.06. The lowest BCUT2D eigenvalue weighted by Crippen LogP contribution is -2.35. The lowest BCUT2D eigenvalue weighted by atomic mass is 10.2. The van der Waals surface area contributed by atoms with Gasteiger partial charge >= 0.3 is 0 Å². The minimum atomic E-state index is -3.57. The van der Waals surface area contributed by atoms with E-state index in [2.05, 4.69) is 5.32 Å². The predicted molar refractivity (Wildman–Crippen MR) is 97.7 cm³/mol. The molecule has 26 heavy (non-hydrogen) atoms. The van der Waals surface area contributed by atoms with E-state index in [1.807, 2.05) is 0 Å². The minimum absolute atomic E-state index is 0.0632. The Balaban J connectivity index is 1.86. The molecule has 0 saturated heterocycles. The monoisotopic (exact) mass is 398 g/mol. The highest BCUT2D eigenvalue weighted by atomic mass is 35.5. The molecule has 2 aromatic rings. The van der Waals surface area contributed by atoms with Crippen molar-refractivity contribution in [3.63, 3.8) is 0 Å². The summed E-state index contributed by atoms with van der Waals surface area (Å²) in [5.74, 6) is -0.618. The Hall–Kier alpha value is -2.32. The van der Waals surface area contributed by atoms with Crippen molar-refractivity contribution in [2.45, 2.75) is 12.5 Å². The molecule has 0 bridgehead atoms. The van der Waals surface area contributed by atoms with Crippen LogP contribution in [0.3, 0.4) is 0 Å². The molecule has 1 heterocycles. The summed E-state index contributed by atoms with van der Waals surface area (Å²) in [6.45, 7) is 0.0632. The maximum atomic E-state index is 13.0. The van der Waals surface area contributed by atoms with Crippen LogP contribution in [0.4, 0.5) is 15.8 Å². The zero-order valence-corrected chi connectivity index (χ0v) is 15.3. The first-order valence-corrected chi connectivity index (χ1v) is 9.97. The number of carbonyl (C=O) groups excluding carboxylic acids is 1. The van der Waals surface area contributed by atoms with Gasteiger partial charge in [-0.25, -0.2) is 12.8 Å². The molecule has 1 aliphatic rings. The van der Waals surface area contributed by atoms with Crippen LogP contribution in [0.5, 0.6) is 5.75 Å². The summed E-state index contributed by atoms with van der Waals surface area (Å²) < 4.78 is 44.1. The standard InChI is InChI=1S/C17H16ClFN2O4S/c1-26(23,24)21-9-8-16(25-15-7-2-11(18)10-14(15)21)17(22)20-13-5-3-12(19)4-6-13/h2-7,10,16H,8-9H2,1H3,(H,20,22)/t16-/m1/s1. The summed E-state index contributed by atoms with van der Waals surface area (Å²) in [5, 5.41) is 2.99. The first kappa shape index (κ1) is 18.5. The van der Waals surface area contributed by atoms with Crippen molar-refractivity contribution in [1.29, 1.82) is 0 Å². The number of anilines is 2. The molecule has 1 N–H and O–H groups in total. The lowest BCUT2D eigenvalue weighted by Gasteiger charge is -2.21. The van der Waals surface area contributed by atoms with E-state index in [1.165, 1.54) is 40.7 Å². The SMILES string of the molecule is CS(=O)(=O)N1CC[C@H](C(=O)Nc2ccc(F)cc2)Oc2ccc(Cl)cc21. The van der Waals surface area contributed by atoms with Crippen LogP contribution in [0.1, 0.15) is 6.42 Å². The van der Waals surface area contributed by atoms with Gasteiger partial charge in [0.25, 0.3) is 5.91 Å². The molecule has 1 atom stereocenters. The van der Waals surface area contributed by atoms with Crippen LogP contribution in [0.2, 0.25) is 5.02 Å². The van der Waals surface area contributed by atoms with Gasteiger partial charge in [0.05, 0.1) is 11.9 Å². The molecule has 0 spiro atoms. The molecule has 1 amide bonds. The summed E-state index contributed by atoms with van der Waals surface area (Å²) in [6, 6.07) is 9.89. The molecular formula is C17H16ClFN2O4S. The van der Waals surface area contributed by atoms with Crippen LogP contribution in [0.15, 0.2) is 42.5 Å². The second kappa shape index (κ2) is 7.13. The Morgan fingerprint density at radius 3 is 2.62 bits per heavy atom. The van der Waals surface area contributed by atoms with Crippen molar-refractivity contribution in [2.24, 2.45) is 0 Å². The third-order valence-electron chi connectivity index (χ3n) is 3.86. The molecule has 3 rings (SSSR count). The minimum Gasteiger partial charge on any atom is -0.478 e. The number of nitrogens with zero attached hydrogens (tertiary/aromatic N) is 1. The quantitative estimate of drug-likeness (QED) is 0.862. The second-order valence-corrected chi connectivity index (χ2v) is 8.18. The first-order chi connectivity index (χ1) is 12.2. The van der Waals surface area contributed by atoms with Crippen molar-refractivity contribution < 1.29 is 22.3 Å². The normalized spacial score (nSPS) is 17.0. The molecule has 0 radical (unpaired) electrons. The number of ether oxygens (including phenoxy) is 1. The van der Waals surface area contributed by atoms with Gasteiger partial charge in [-0.05, 0) is 42.5 Å². The largest absolute Gasteiger partial charge is 0.478 e. The molecule has 2 aromatic carbocycles. The van der Waals surface area contributed by atoms with Crippen molar-refractivity contribution in [3.05, 3.63) is 53.3 Å². The number of halogens is 2. The first-order valence-electron chi connectivity index (χ1n) is 7.74. The number of hydrogen-bond acceptors (Lipinski definition) is 4. The van der Waals surface area contributed by atoms with Crippen molar-refractivity contribution >= 4 is 38.9 Å². The molecule has 138 valence electrons. The molecule has 9 heteroatoms.